The van der Waals surface area contributed by atoms with E-state index in [0.717, 1.165) is 17.0 Å². The lowest BCUT2D eigenvalue weighted by Crippen LogP contribution is -2.74. The van der Waals surface area contributed by atoms with Crippen LogP contribution >= 0.6 is 0 Å². The van der Waals surface area contributed by atoms with Crippen LogP contribution in [0.25, 0.3) is 11.3 Å². The van der Waals surface area contributed by atoms with Gasteiger partial charge in [-0.3, -0.25) is 9.97 Å². The first-order valence-corrected chi connectivity index (χ1v) is 20.4. The Bertz CT molecular complexity index is 2440. The summed E-state index contributed by atoms with van der Waals surface area (Å²) in [6, 6.07) is 71.6. The summed E-state index contributed by atoms with van der Waals surface area (Å²) in [4.78, 5) is 9.98. The molecule has 3 heteroatoms. The number of hydrogen-bond donors (Lipinski definition) is 0. The van der Waals surface area contributed by atoms with Crippen molar-refractivity contribution in [3.8, 4) is 11.3 Å². The summed E-state index contributed by atoms with van der Waals surface area (Å²) >= 11 is 0. The minimum atomic E-state index is -2.95. The van der Waals surface area contributed by atoms with Gasteiger partial charge in [0.15, 0.2) is 8.07 Å². The van der Waals surface area contributed by atoms with Crippen molar-refractivity contribution in [2.75, 3.05) is 0 Å². The van der Waals surface area contributed by atoms with Crippen molar-refractivity contribution in [1.29, 1.82) is 0 Å². The highest BCUT2D eigenvalue weighted by Gasteiger charge is 2.50. The quantitative estimate of drug-likeness (QED) is 0.123. The second-order valence-electron chi connectivity index (χ2n) is 14.5. The average molecular weight is 697 g/mol. The lowest BCUT2D eigenvalue weighted by Gasteiger charge is -2.47. The zero-order valence-corrected chi connectivity index (χ0v) is 31.0. The van der Waals surface area contributed by atoms with Gasteiger partial charge in [0.05, 0.1) is 16.8 Å². The maximum Gasteiger partial charge on any atom is 0.179 e. The van der Waals surface area contributed by atoms with Crippen LogP contribution in [0, 0.1) is 0 Å². The predicted octanol–water partition coefficient (Wildman–Crippen LogP) is 8.54. The van der Waals surface area contributed by atoms with Gasteiger partial charge in [0.25, 0.3) is 0 Å². The monoisotopic (exact) mass is 696 g/mol. The second-order valence-corrected chi connectivity index (χ2v) is 18.3. The zero-order chi connectivity index (χ0) is 35.9. The molecule has 254 valence electrons. The van der Waals surface area contributed by atoms with E-state index in [9.17, 15) is 0 Å². The van der Waals surface area contributed by atoms with Crippen LogP contribution in [0.4, 0.5) is 0 Å². The van der Waals surface area contributed by atoms with Crippen molar-refractivity contribution < 1.29 is 0 Å². The van der Waals surface area contributed by atoms with Gasteiger partial charge in [-0.25, -0.2) is 0 Å². The van der Waals surface area contributed by atoms with Crippen molar-refractivity contribution in [3.63, 3.8) is 0 Å². The van der Waals surface area contributed by atoms with Gasteiger partial charge in [0.2, 0.25) is 0 Å². The van der Waals surface area contributed by atoms with E-state index in [1.54, 1.807) is 0 Å². The normalized spacial score (nSPS) is 14.2. The first-order chi connectivity index (χ1) is 26.1. The fourth-order valence-electron chi connectivity index (χ4n) is 9.13. The van der Waals surface area contributed by atoms with Crippen molar-refractivity contribution in [1.82, 2.24) is 9.97 Å². The van der Waals surface area contributed by atoms with Crippen LogP contribution in [-0.4, -0.2) is 18.0 Å². The predicted molar refractivity (Wildman–Crippen MR) is 222 cm³/mol. The molecule has 0 fully saturated rings. The fraction of sp³-hybridized carbons (Fsp3) is 0.0800. The molecule has 0 bridgehead atoms. The molecule has 0 aliphatic heterocycles. The molecule has 0 atom stereocenters. The molecular formula is C50H40N2Si. The van der Waals surface area contributed by atoms with E-state index in [1.165, 1.54) is 48.6 Å². The second kappa shape index (κ2) is 13.1. The molecular weight excluding hydrogens is 657 g/mol. The van der Waals surface area contributed by atoms with E-state index in [0.29, 0.717) is 0 Å². The van der Waals surface area contributed by atoms with Crippen molar-refractivity contribution in [2.45, 2.75) is 24.7 Å². The molecule has 1 aliphatic rings. The molecule has 0 radical (unpaired) electrons. The van der Waals surface area contributed by atoms with Gasteiger partial charge in [0, 0.05) is 23.4 Å². The molecule has 0 amide bonds. The summed E-state index contributed by atoms with van der Waals surface area (Å²) in [5.74, 6) is 0. The Hall–Kier alpha value is -6.16. The van der Waals surface area contributed by atoms with E-state index in [4.69, 9.17) is 9.97 Å². The highest BCUT2D eigenvalue weighted by Crippen LogP contribution is 2.55. The Kier molecular flexibility index (Phi) is 8.09. The highest BCUT2D eigenvalue weighted by molar-refractivity contribution is 7.19. The number of fused-ring (bicyclic) bond motifs is 2. The third-order valence-corrected chi connectivity index (χ3v) is 16.2. The Morgan fingerprint density at radius 2 is 0.887 bits per heavy atom. The molecule has 6 aromatic carbocycles. The molecule has 2 nitrogen and oxygen atoms in total. The smallest absolute Gasteiger partial charge is 0.179 e. The first kappa shape index (κ1) is 32.7. The van der Waals surface area contributed by atoms with E-state index in [-0.39, 0.29) is 5.41 Å². The van der Waals surface area contributed by atoms with E-state index in [1.807, 2.05) is 24.5 Å². The molecule has 8 aromatic rings. The molecule has 2 aromatic heterocycles. The van der Waals surface area contributed by atoms with Gasteiger partial charge in [-0.1, -0.05) is 184 Å². The molecule has 1 aliphatic carbocycles. The van der Waals surface area contributed by atoms with Crippen molar-refractivity contribution in [2.24, 2.45) is 0 Å². The maximum absolute atomic E-state index is 5.21. The Morgan fingerprint density at radius 3 is 1.45 bits per heavy atom. The van der Waals surface area contributed by atoms with Gasteiger partial charge in [-0.15, -0.1) is 0 Å². The van der Waals surface area contributed by atoms with E-state index < -0.39 is 13.5 Å². The third kappa shape index (κ3) is 5.07. The van der Waals surface area contributed by atoms with Gasteiger partial charge in [-0.2, -0.15) is 0 Å². The van der Waals surface area contributed by atoms with Crippen LogP contribution in [0.1, 0.15) is 47.4 Å². The number of rotatable bonds is 7. The van der Waals surface area contributed by atoms with Gasteiger partial charge < -0.3 is 0 Å². The van der Waals surface area contributed by atoms with Crippen LogP contribution in [0.15, 0.2) is 207 Å². The van der Waals surface area contributed by atoms with Crippen LogP contribution in [0.5, 0.6) is 0 Å². The maximum atomic E-state index is 5.21. The summed E-state index contributed by atoms with van der Waals surface area (Å²) < 4.78 is 0. The van der Waals surface area contributed by atoms with Gasteiger partial charge >= 0.3 is 0 Å². The molecule has 0 unspecified atom stereocenters. The Morgan fingerprint density at radius 1 is 0.396 bits per heavy atom. The molecule has 0 saturated carbocycles. The largest absolute Gasteiger partial charge is 0.260 e. The molecule has 0 spiro atoms. The van der Waals surface area contributed by atoms with Crippen molar-refractivity contribution >= 4 is 28.8 Å². The Labute approximate surface area is 313 Å². The van der Waals surface area contributed by atoms with Crippen LogP contribution in [0.2, 0.25) is 0 Å². The highest BCUT2D eigenvalue weighted by atomic mass is 28.3. The summed E-state index contributed by atoms with van der Waals surface area (Å²) in [7, 11) is -2.95. The topological polar surface area (TPSA) is 25.8 Å². The molecule has 0 N–H and O–H groups in total. The number of pyridine rings is 2. The average Bonchev–Trinajstić information content (AvgIpc) is 3.23. The summed E-state index contributed by atoms with van der Waals surface area (Å²) in [6.07, 6.45) is 3.82. The SMILES string of the molecule is CC1(C)c2ccccc2C(c2cccc([Si](c3ccccc3)(c3ccccc3)c3cccc(-c4ccccn4)c3)c2)(c2ccccn2)c2ccccc21. The Balaban J connectivity index is 1.41. The number of aromatic nitrogens is 2. The minimum absolute atomic E-state index is 0.193. The summed E-state index contributed by atoms with van der Waals surface area (Å²) in [5.41, 5.74) is 8.70. The zero-order valence-electron chi connectivity index (χ0n) is 30.0. The fourth-order valence-corrected chi connectivity index (χ4v) is 13.9. The lowest BCUT2D eigenvalue weighted by molar-refractivity contribution is 0.552. The molecule has 9 rings (SSSR count). The van der Waals surface area contributed by atoms with Crippen LogP contribution < -0.4 is 20.7 Å². The minimum Gasteiger partial charge on any atom is -0.260 e. The first-order valence-electron chi connectivity index (χ1n) is 18.4. The summed E-state index contributed by atoms with van der Waals surface area (Å²) in [5, 5.41) is 5.30. The number of hydrogen-bond acceptors (Lipinski definition) is 2. The molecule has 2 heterocycles. The van der Waals surface area contributed by atoms with Crippen LogP contribution in [-0.2, 0) is 10.8 Å². The molecule has 0 saturated heterocycles. The number of benzene rings is 6. The van der Waals surface area contributed by atoms with Gasteiger partial charge in [-0.05, 0) is 72.8 Å². The third-order valence-electron chi connectivity index (χ3n) is 11.5. The van der Waals surface area contributed by atoms with Crippen molar-refractivity contribution in [3.05, 3.63) is 240 Å². The molecule has 53 heavy (non-hydrogen) atoms. The van der Waals surface area contributed by atoms with E-state index >= 15 is 0 Å². The lowest BCUT2D eigenvalue weighted by atomic mass is 9.55. The summed E-state index contributed by atoms with van der Waals surface area (Å²) in [6.45, 7) is 4.72. The number of nitrogens with zero attached hydrogens (tertiary/aromatic N) is 2. The van der Waals surface area contributed by atoms with Gasteiger partial charge in [0.1, 0.15) is 0 Å². The standard InChI is InChI=1S/C50H40N2Si/c1-49(2)43-27-9-11-29-45(43)50(48-32-14-16-34-52-48,46-30-12-10-28-44(46)49)38-20-18-26-42(36-38)53(39-21-5-3-6-22-39,40-23-7-4-8-24-40)41-25-17-19-37(35-41)47-31-13-15-33-51-47/h3-36H,1-2H3. The van der Waals surface area contributed by atoms with E-state index in [2.05, 4.69) is 196 Å². The van der Waals surface area contributed by atoms with Crippen LogP contribution in [0.3, 0.4) is 0 Å².